The van der Waals surface area contributed by atoms with Crippen molar-refractivity contribution in [2.45, 2.75) is 19.5 Å². The SMILES string of the molecule is C[C@H]1CN(c2ccccc2C#N)C(=O)CN1CC(=O)NCc1cccs1. The second kappa shape index (κ2) is 8.13. The minimum absolute atomic E-state index is 0.0203. The molecule has 0 unspecified atom stereocenters. The van der Waals surface area contributed by atoms with Crippen molar-refractivity contribution >= 4 is 28.8 Å². The summed E-state index contributed by atoms with van der Waals surface area (Å²) in [5.74, 6) is -0.194. The van der Waals surface area contributed by atoms with Crippen molar-refractivity contribution in [3.8, 4) is 6.07 Å². The number of carbonyl (C=O) groups excluding carboxylic acids is 2. The van der Waals surface area contributed by atoms with Gasteiger partial charge >= 0.3 is 0 Å². The van der Waals surface area contributed by atoms with Gasteiger partial charge in [0.05, 0.1) is 30.9 Å². The van der Waals surface area contributed by atoms with Crippen LogP contribution in [0.1, 0.15) is 17.4 Å². The van der Waals surface area contributed by atoms with E-state index in [9.17, 15) is 14.9 Å². The number of anilines is 1. The van der Waals surface area contributed by atoms with Gasteiger partial charge in [-0.25, -0.2) is 0 Å². The molecule has 0 bridgehead atoms. The van der Waals surface area contributed by atoms with Gasteiger partial charge in [-0.15, -0.1) is 11.3 Å². The van der Waals surface area contributed by atoms with Gasteiger partial charge in [-0.3, -0.25) is 14.5 Å². The maximum absolute atomic E-state index is 12.6. The Balaban J connectivity index is 1.60. The molecule has 6 nitrogen and oxygen atoms in total. The molecule has 0 spiro atoms. The zero-order chi connectivity index (χ0) is 18.5. The molecule has 0 aliphatic carbocycles. The van der Waals surface area contributed by atoms with E-state index < -0.39 is 0 Å². The Kier molecular flexibility index (Phi) is 5.66. The summed E-state index contributed by atoms with van der Waals surface area (Å²) < 4.78 is 0. The first-order valence-corrected chi connectivity index (χ1v) is 9.29. The number of hydrogen-bond donors (Lipinski definition) is 1. The molecule has 1 aromatic heterocycles. The van der Waals surface area contributed by atoms with E-state index in [0.29, 0.717) is 24.3 Å². The third-order valence-electron chi connectivity index (χ3n) is 4.41. The second-order valence-electron chi connectivity index (χ2n) is 6.24. The molecule has 3 rings (SSSR count). The van der Waals surface area contributed by atoms with E-state index in [2.05, 4.69) is 11.4 Å². The van der Waals surface area contributed by atoms with Crippen molar-refractivity contribution in [2.24, 2.45) is 0 Å². The molecular weight excluding hydrogens is 348 g/mol. The Labute approximate surface area is 156 Å². The highest BCUT2D eigenvalue weighted by molar-refractivity contribution is 7.09. The molecule has 2 heterocycles. The number of thiophene rings is 1. The Morgan fingerprint density at radius 1 is 1.35 bits per heavy atom. The van der Waals surface area contributed by atoms with Crippen molar-refractivity contribution in [1.82, 2.24) is 10.2 Å². The van der Waals surface area contributed by atoms with Gasteiger partial charge in [-0.2, -0.15) is 5.26 Å². The van der Waals surface area contributed by atoms with Crippen LogP contribution in [0.15, 0.2) is 41.8 Å². The normalized spacial score (nSPS) is 17.8. The highest BCUT2D eigenvalue weighted by Gasteiger charge is 2.32. The molecule has 26 heavy (non-hydrogen) atoms. The van der Waals surface area contributed by atoms with Gasteiger partial charge in [0.15, 0.2) is 0 Å². The molecule has 1 aliphatic rings. The van der Waals surface area contributed by atoms with Crippen LogP contribution in [0.25, 0.3) is 0 Å². The molecule has 2 amide bonds. The van der Waals surface area contributed by atoms with Gasteiger partial charge in [0.2, 0.25) is 11.8 Å². The van der Waals surface area contributed by atoms with E-state index >= 15 is 0 Å². The zero-order valence-electron chi connectivity index (χ0n) is 14.5. The lowest BCUT2D eigenvalue weighted by molar-refractivity contribution is -0.126. The molecule has 0 saturated carbocycles. The minimum Gasteiger partial charge on any atom is -0.350 e. The maximum Gasteiger partial charge on any atom is 0.241 e. The maximum atomic E-state index is 12.6. The predicted octanol–water partition coefficient (Wildman–Crippen LogP) is 1.97. The van der Waals surface area contributed by atoms with Crippen LogP contribution in [-0.4, -0.2) is 42.4 Å². The van der Waals surface area contributed by atoms with Gasteiger partial charge in [-0.05, 0) is 30.5 Å². The summed E-state index contributed by atoms with van der Waals surface area (Å²) in [5, 5.41) is 14.1. The van der Waals surface area contributed by atoms with Gasteiger partial charge in [0.1, 0.15) is 6.07 Å². The number of para-hydroxylation sites is 1. The largest absolute Gasteiger partial charge is 0.350 e. The Morgan fingerprint density at radius 3 is 2.88 bits per heavy atom. The topological polar surface area (TPSA) is 76.4 Å². The van der Waals surface area contributed by atoms with E-state index in [-0.39, 0.29) is 30.9 Å². The predicted molar refractivity (Wildman–Crippen MR) is 101 cm³/mol. The lowest BCUT2D eigenvalue weighted by Crippen LogP contribution is -2.57. The molecule has 1 aliphatic heterocycles. The monoisotopic (exact) mass is 368 g/mol. The van der Waals surface area contributed by atoms with Crippen LogP contribution >= 0.6 is 11.3 Å². The lowest BCUT2D eigenvalue weighted by Gasteiger charge is -2.39. The molecule has 1 saturated heterocycles. The quantitative estimate of drug-likeness (QED) is 0.875. The Bertz CT molecular complexity index is 828. The number of nitrogens with zero attached hydrogens (tertiary/aromatic N) is 3. The third-order valence-corrected chi connectivity index (χ3v) is 5.29. The van der Waals surface area contributed by atoms with E-state index in [4.69, 9.17) is 0 Å². The molecule has 1 fully saturated rings. The van der Waals surface area contributed by atoms with Gasteiger partial charge in [0, 0.05) is 17.5 Å². The number of nitrogens with one attached hydrogen (secondary N) is 1. The molecule has 2 aromatic rings. The first kappa shape index (κ1) is 18.1. The number of nitriles is 1. The molecule has 7 heteroatoms. The molecule has 1 aromatic carbocycles. The highest BCUT2D eigenvalue weighted by atomic mass is 32.1. The fraction of sp³-hybridized carbons (Fsp3) is 0.316. The first-order chi connectivity index (χ1) is 12.6. The molecule has 1 N–H and O–H groups in total. The molecule has 134 valence electrons. The minimum atomic E-state index is -0.100. The molecule has 0 radical (unpaired) electrons. The van der Waals surface area contributed by atoms with Crippen LogP contribution in [0.4, 0.5) is 5.69 Å². The van der Waals surface area contributed by atoms with Crippen LogP contribution in [0.2, 0.25) is 0 Å². The molecular formula is C19H20N4O2S. The summed E-state index contributed by atoms with van der Waals surface area (Å²) >= 11 is 1.60. The Hall–Kier alpha value is -2.69. The summed E-state index contributed by atoms with van der Waals surface area (Å²) in [5.41, 5.74) is 1.11. The van der Waals surface area contributed by atoms with Crippen molar-refractivity contribution in [3.05, 3.63) is 52.2 Å². The van der Waals surface area contributed by atoms with E-state index in [1.54, 1.807) is 34.4 Å². The fourth-order valence-electron chi connectivity index (χ4n) is 2.98. The van der Waals surface area contributed by atoms with Crippen LogP contribution in [0.5, 0.6) is 0 Å². The zero-order valence-corrected chi connectivity index (χ0v) is 15.3. The number of carbonyl (C=O) groups is 2. The lowest BCUT2D eigenvalue weighted by atomic mass is 10.1. The average molecular weight is 368 g/mol. The number of amides is 2. The number of benzene rings is 1. The van der Waals surface area contributed by atoms with Crippen molar-refractivity contribution in [1.29, 1.82) is 5.26 Å². The summed E-state index contributed by atoms with van der Waals surface area (Å²) in [7, 11) is 0. The van der Waals surface area contributed by atoms with Crippen LogP contribution in [-0.2, 0) is 16.1 Å². The summed E-state index contributed by atoms with van der Waals surface area (Å²) in [6.45, 7) is 3.30. The van der Waals surface area contributed by atoms with E-state index in [1.807, 2.05) is 35.4 Å². The van der Waals surface area contributed by atoms with E-state index in [0.717, 1.165) is 4.88 Å². The van der Waals surface area contributed by atoms with Crippen LogP contribution in [0, 0.1) is 11.3 Å². The number of piperazine rings is 1. The highest BCUT2D eigenvalue weighted by Crippen LogP contribution is 2.23. The molecule has 1 atom stereocenters. The average Bonchev–Trinajstić information content (AvgIpc) is 3.16. The summed E-state index contributed by atoms with van der Waals surface area (Å²) in [6.07, 6.45) is 0. The van der Waals surface area contributed by atoms with Gasteiger partial charge in [0.25, 0.3) is 0 Å². The standard InChI is InChI=1S/C19H20N4O2S/c1-14-11-23(17-7-3-2-5-15(17)9-20)19(25)13-22(14)12-18(24)21-10-16-6-4-8-26-16/h2-8,14H,10-13H2,1H3,(H,21,24)/t14-/m0/s1. The van der Waals surface area contributed by atoms with Crippen molar-refractivity contribution in [3.63, 3.8) is 0 Å². The van der Waals surface area contributed by atoms with Crippen LogP contribution in [0.3, 0.4) is 0 Å². The summed E-state index contributed by atoms with van der Waals surface area (Å²) in [4.78, 5) is 29.4. The summed E-state index contributed by atoms with van der Waals surface area (Å²) in [6, 6.07) is 13.2. The van der Waals surface area contributed by atoms with Crippen molar-refractivity contribution in [2.75, 3.05) is 24.5 Å². The van der Waals surface area contributed by atoms with Crippen LogP contribution < -0.4 is 10.2 Å². The first-order valence-electron chi connectivity index (χ1n) is 8.41. The van der Waals surface area contributed by atoms with Crippen molar-refractivity contribution < 1.29 is 9.59 Å². The Morgan fingerprint density at radius 2 is 2.15 bits per heavy atom. The second-order valence-corrected chi connectivity index (χ2v) is 7.28. The smallest absolute Gasteiger partial charge is 0.241 e. The fourth-order valence-corrected chi connectivity index (χ4v) is 3.63. The van der Waals surface area contributed by atoms with Gasteiger partial charge < -0.3 is 10.2 Å². The number of rotatable bonds is 5. The number of hydrogen-bond acceptors (Lipinski definition) is 5. The van der Waals surface area contributed by atoms with Gasteiger partial charge in [-0.1, -0.05) is 18.2 Å². The third kappa shape index (κ3) is 4.10. The van der Waals surface area contributed by atoms with E-state index in [1.165, 1.54) is 0 Å².